The number of ketones is 1. The van der Waals surface area contributed by atoms with E-state index in [0.29, 0.717) is 36.3 Å². The molecule has 0 aromatic heterocycles. The van der Waals surface area contributed by atoms with Crippen molar-refractivity contribution < 1.29 is 14.3 Å². The van der Waals surface area contributed by atoms with Gasteiger partial charge in [-0.3, -0.25) is 4.79 Å². The van der Waals surface area contributed by atoms with E-state index in [4.69, 9.17) is 32.7 Å². The molecule has 0 spiro atoms. The van der Waals surface area contributed by atoms with Gasteiger partial charge in [-0.15, -0.1) is 0 Å². The predicted octanol–water partition coefficient (Wildman–Crippen LogP) is 3.16. The summed E-state index contributed by atoms with van der Waals surface area (Å²) in [5.41, 5.74) is 0.756. The van der Waals surface area contributed by atoms with Gasteiger partial charge in [0.1, 0.15) is 5.78 Å². The lowest BCUT2D eigenvalue weighted by atomic mass is 10.1. The first-order chi connectivity index (χ1) is 8.63. The Bertz CT molecular complexity index is 394. The maximum atomic E-state index is 11.7. The Kier molecular flexibility index (Phi) is 7.28. The Morgan fingerprint density at radius 1 is 1.22 bits per heavy atom. The third kappa shape index (κ3) is 5.83. The number of carbonyl (C=O) groups excluding carboxylic acids is 1. The van der Waals surface area contributed by atoms with E-state index in [1.54, 1.807) is 25.3 Å². The van der Waals surface area contributed by atoms with Crippen LogP contribution in [0.15, 0.2) is 18.2 Å². The summed E-state index contributed by atoms with van der Waals surface area (Å²) in [6.45, 7) is 1.44. The standard InChI is InChI=1S/C13H16Cl2O3/c1-17-6-7-18-5-4-12(16)9-10-8-11(14)2-3-13(10)15/h2-3,8H,4-7,9H2,1H3. The monoisotopic (exact) mass is 290 g/mol. The molecule has 18 heavy (non-hydrogen) atoms. The molecule has 0 unspecified atom stereocenters. The van der Waals surface area contributed by atoms with Crippen molar-refractivity contribution in [3.8, 4) is 0 Å². The Morgan fingerprint density at radius 2 is 2.00 bits per heavy atom. The number of benzene rings is 1. The van der Waals surface area contributed by atoms with Crippen molar-refractivity contribution in [1.82, 2.24) is 0 Å². The number of Topliss-reactive ketones (excluding diaryl/α,β-unsaturated/α-hetero) is 1. The highest BCUT2D eigenvalue weighted by Gasteiger charge is 2.08. The normalized spacial score (nSPS) is 10.6. The van der Waals surface area contributed by atoms with Gasteiger partial charge in [0.2, 0.25) is 0 Å². The van der Waals surface area contributed by atoms with Crippen molar-refractivity contribution in [2.45, 2.75) is 12.8 Å². The number of carbonyl (C=O) groups is 1. The fraction of sp³-hybridized carbons (Fsp3) is 0.462. The second-order valence-electron chi connectivity index (χ2n) is 3.81. The summed E-state index contributed by atoms with van der Waals surface area (Å²) in [6.07, 6.45) is 0.652. The second kappa shape index (κ2) is 8.48. The predicted molar refractivity (Wildman–Crippen MR) is 72.5 cm³/mol. The minimum absolute atomic E-state index is 0.0802. The van der Waals surface area contributed by atoms with Gasteiger partial charge < -0.3 is 9.47 Å². The van der Waals surface area contributed by atoms with Crippen LogP contribution >= 0.6 is 23.2 Å². The molecule has 0 radical (unpaired) electrons. The van der Waals surface area contributed by atoms with E-state index >= 15 is 0 Å². The van der Waals surface area contributed by atoms with Gasteiger partial charge in [-0.25, -0.2) is 0 Å². The summed E-state index contributed by atoms with van der Waals surface area (Å²) in [6, 6.07) is 5.11. The van der Waals surface area contributed by atoms with Crippen LogP contribution in [0.5, 0.6) is 0 Å². The highest BCUT2D eigenvalue weighted by atomic mass is 35.5. The Labute approximate surface area is 117 Å². The van der Waals surface area contributed by atoms with Gasteiger partial charge in [0.05, 0.1) is 19.8 Å². The number of rotatable bonds is 8. The van der Waals surface area contributed by atoms with Crippen LogP contribution in [0.25, 0.3) is 0 Å². The van der Waals surface area contributed by atoms with Crippen LogP contribution in [0.4, 0.5) is 0 Å². The van der Waals surface area contributed by atoms with Crippen LogP contribution in [0.3, 0.4) is 0 Å². The molecule has 0 saturated carbocycles. The molecule has 0 aliphatic carbocycles. The summed E-state index contributed by atoms with van der Waals surface area (Å²) in [4.78, 5) is 11.7. The zero-order valence-corrected chi connectivity index (χ0v) is 11.8. The molecular weight excluding hydrogens is 275 g/mol. The first-order valence-electron chi connectivity index (χ1n) is 5.66. The van der Waals surface area contributed by atoms with Crippen LogP contribution in [0, 0.1) is 0 Å². The highest BCUT2D eigenvalue weighted by Crippen LogP contribution is 2.21. The van der Waals surface area contributed by atoms with E-state index in [1.807, 2.05) is 0 Å². The fourth-order valence-corrected chi connectivity index (χ4v) is 1.79. The maximum absolute atomic E-state index is 11.7. The lowest BCUT2D eigenvalue weighted by Crippen LogP contribution is -2.09. The van der Waals surface area contributed by atoms with Crippen LogP contribution in [0.2, 0.25) is 10.0 Å². The molecule has 5 heteroatoms. The molecule has 0 atom stereocenters. The molecule has 0 aliphatic heterocycles. The smallest absolute Gasteiger partial charge is 0.139 e. The number of methoxy groups -OCH3 is 1. The molecule has 1 rings (SSSR count). The van der Waals surface area contributed by atoms with Gasteiger partial charge >= 0.3 is 0 Å². The van der Waals surface area contributed by atoms with Gasteiger partial charge in [-0.2, -0.15) is 0 Å². The summed E-state index contributed by atoms with van der Waals surface area (Å²) < 4.78 is 10.1. The van der Waals surface area contributed by atoms with Crippen molar-refractivity contribution in [2.24, 2.45) is 0 Å². The Morgan fingerprint density at radius 3 is 2.72 bits per heavy atom. The van der Waals surface area contributed by atoms with Gasteiger partial charge in [0, 0.05) is 30.0 Å². The summed E-state index contributed by atoms with van der Waals surface area (Å²) in [7, 11) is 1.61. The lowest BCUT2D eigenvalue weighted by Gasteiger charge is -2.05. The molecule has 0 amide bonds. The largest absolute Gasteiger partial charge is 0.382 e. The average molecular weight is 291 g/mol. The number of hydrogen-bond acceptors (Lipinski definition) is 3. The molecular formula is C13H16Cl2O3. The molecule has 0 N–H and O–H groups in total. The van der Waals surface area contributed by atoms with Gasteiger partial charge in [0.25, 0.3) is 0 Å². The minimum atomic E-state index is 0.0802. The van der Waals surface area contributed by atoms with Gasteiger partial charge in [-0.1, -0.05) is 23.2 Å². The number of ether oxygens (including phenoxy) is 2. The van der Waals surface area contributed by atoms with E-state index in [0.717, 1.165) is 5.56 Å². The number of halogens is 2. The summed E-state index contributed by atoms with van der Waals surface area (Å²) in [5, 5.41) is 1.14. The third-order valence-corrected chi connectivity index (χ3v) is 2.96. The third-order valence-electron chi connectivity index (χ3n) is 2.35. The molecule has 0 aliphatic rings. The summed E-state index contributed by atoms with van der Waals surface area (Å²) >= 11 is 11.8. The first kappa shape index (κ1) is 15.4. The van der Waals surface area contributed by atoms with Crippen LogP contribution in [-0.2, 0) is 20.7 Å². The van der Waals surface area contributed by atoms with Crippen LogP contribution < -0.4 is 0 Å². The fourth-order valence-electron chi connectivity index (χ4n) is 1.41. The molecule has 1 aromatic carbocycles. The zero-order valence-electron chi connectivity index (χ0n) is 10.2. The van der Waals surface area contributed by atoms with Crippen molar-refractivity contribution in [3.05, 3.63) is 33.8 Å². The van der Waals surface area contributed by atoms with Crippen molar-refractivity contribution in [2.75, 3.05) is 26.9 Å². The quantitative estimate of drug-likeness (QED) is 0.690. The van der Waals surface area contributed by atoms with E-state index in [-0.39, 0.29) is 12.2 Å². The zero-order chi connectivity index (χ0) is 13.4. The van der Waals surface area contributed by atoms with Crippen LogP contribution in [0.1, 0.15) is 12.0 Å². The number of hydrogen-bond donors (Lipinski definition) is 0. The molecule has 3 nitrogen and oxygen atoms in total. The van der Waals surface area contributed by atoms with Crippen LogP contribution in [-0.4, -0.2) is 32.7 Å². The molecule has 100 valence electrons. The molecule has 0 saturated heterocycles. The molecule has 1 aromatic rings. The van der Waals surface area contributed by atoms with E-state index in [2.05, 4.69) is 0 Å². The molecule has 0 heterocycles. The second-order valence-corrected chi connectivity index (χ2v) is 4.65. The molecule has 0 fully saturated rings. The maximum Gasteiger partial charge on any atom is 0.139 e. The summed E-state index contributed by atoms with van der Waals surface area (Å²) in [5.74, 6) is 0.0802. The van der Waals surface area contributed by atoms with Crippen molar-refractivity contribution >= 4 is 29.0 Å². The van der Waals surface area contributed by atoms with Crippen molar-refractivity contribution in [3.63, 3.8) is 0 Å². The van der Waals surface area contributed by atoms with Gasteiger partial charge in [0.15, 0.2) is 0 Å². The lowest BCUT2D eigenvalue weighted by molar-refractivity contribution is -0.119. The van der Waals surface area contributed by atoms with E-state index in [9.17, 15) is 4.79 Å². The van der Waals surface area contributed by atoms with E-state index < -0.39 is 0 Å². The van der Waals surface area contributed by atoms with E-state index in [1.165, 1.54) is 0 Å². The first-order valence-corrected chi connectivity index (χ1v) is 6.41. The molecule has 0 bridgehead atoms. The minimum Gasteiger partial charge on any atom is -0.382 e. The topological polar surface area (TPSA) is 35.5 Å². The SMILES string of the molecule is COCCOCCC(=O)Cc1cc(Cl)ccc1Cl. The Balaban J connectivity index is 2.33. The van der Waals surface area contributed by atoms with Gasteiger partial charge in [-0.05, 0) is 23.8 Å². The Hall–Kier alpha value is -0.610. The van der Waals surface area contributed by atoms with Crippen molar-refractivity contribution in [1.29, 1.82) is 0 Å². The average Bonchev–Trinajstić information content (AvgIpc) is 2.33. The highest BCUT2D eigenvalue weighted by molar-refractivity contribution is 6.33.